The van der Waals surface area contributed by atoms with Gasteiger partial charge in [-0.3, -0.25) is 0 Å². The van der Waals surface area contributed by atoms with Crippen LogP contribution in [-0.4, -0.2) is 40.4 Å². The fraction of sp³-hybridized carbons (Fsp3) is 0.294. The Morgan fingerprint density at radius 2 is 0.881 bits per heavy atom. The van der Waals surface area contributed by atoms with Crippen LogP contribution in [0, 0.1) is 0 Å². The summed E-state index contributed by atoms with van der Waals surface area (Å²) in [5.74, 6) is 0. The van der Waals surface area contributed by atoms with Gasteiger partial charge in [-0.2, -0.15) is 0 Å². The number of hydrogen-bond donors (Lipinski definition) is 0. The van der Waals surface area contributed by atoms with Gasteiger partial charge in [0.1, 0.15) is 0 Å². The maximum atomic E-state index is 6.33. The number of rotatable bonds is 16. The van der Waals surface area contributed by atoms with Crippen LogP contribution < -0.4 is 33.6 Å². The molecule has 0 aliphatic rings. The quantitative estimate of drug-likeness (QED) is 0.129. The van der Waals surface area contributed by atoms with Crippen LogP contribution in [-0.2, 0) is 32.8 Å². The number of benzene rings is 4. The number of hydrogen-bond acceptors (Lipinski definition) is 3. The van der Waals surface area contributed by atoms with Crippen LogP contribution >= 0.6 is 15.8 Å². The first-order valence-electron chi connectivity index (χ1n) is 14.4. The van der Waals surface area contributed by atoms with Gasteiger partial charge in [0.2, 0.25) is 0 Å². The van der Waals surface area contributed by atoms with Crippen molar-refractivity contribution in [3.8, 4) is 0 Å². The van der Waals surface area contributed by atoms with Crippen molar-refractivity contribution in [2.45, 2.75) is 38.9 Å². The van der Waals surface area contributed by atoms with Crippen molar-refractivity contribution in [1.29, 1.82) is 0 Å². The summed E-state index contributed by atoms with van der Waals surface area (Å²) in [6.45, 7) is 7.93. The molecular weight excluding hydrogens is 685 g/mol. The van der Waals surface area contributed by atoms with E-state index in [9.17, 15) is 0 Å². The molecule has 0 saturated carbocycles. The Morgan fingerprint density at radius 3 is 1.21 bits per heavy atom. The summed E-state index contributed by atoms with van der Waals surface area (Å²) >= 11 is 0. The Bertz CT molecular complexity index is 1150. The zero-order valence-corrected chi connectivity index (χ0v) is 29.9. The molecule has 3 nitrogen and oxygen atoms in total. The van der Waals surface area contributed by atoms with Gasteiger partial charge in [-0.05, 0) is 76.1 Å². The van der Waals surface area contributed by atoms with E-state index in [1.165, 1.54) is 21.2 Å². The minimum absolute atomic E-state index is 0. The van der Waals surface area contributed by atoms with Crippen LogP contribution in [0.5, 0.6) is 0 Å². The third-order valence-corrected chi connectivity index (χ3v) is 15.7. The summed E-state index contributed by atoms with van der Waals surface area (Å²) in [5.41, 5.74) is 0.416. The topological polar surface area (TPSA) is 27.7 Å². The van der Waals surface area contributed by atoms with Crippen LogP contribution in [0.25, 0.3) is 0 Å². The molecule has 0 spiro atoms. The molecule has 1 atom stereocenters. The number of halogens is 1. The molecule has 4 rings (SSSR count). The van der Waals surface area contributed by atoms with Crippen LogP contribution in [0.15, 0.2) is 121 Å². The molecular formula is C34H42ClO3P2RhSi-. The van der Waals surface area contributed by atoms with Gasteiger partial charge < -0.3 is 25.7 Å². The molecule has 0 heterocycles. The van der Waals surface area contributed by atoms with Gasteiger partial charge in [0, 0.05) is 45.3 Å². The summed E-state index contributed by atoms with van der Waals surface area (Å²) in [5, 5.41) is 5.68. The predicted molar refractivity (Wildman–Crippen MR) is 177 cm³/mol. The average molecular weight is 727 g/mol. The van der Waals surface area contributed by atoms with Crippen molar-refractivity contribution in [3.05, 3.63) is 121 Å². The molecule has 0 saturated heterocycles. The molecule has 0 aliphatic carbocycles. The molecule has 8 heteroatoms. The van der Waals surface area contributed by atoms with E-state index in [0.29, 0.717) is 25.5 Å². The maximum absolute atomic E-state index is 6.33. The van der Waals surface area contributed by atoms with Gasteiger partial charge in [0.25, 0.3) is 0 Å². The first-order chi connectivity index (χ1) is 19.7. The zero-order valence-electron chi connectivity index (χ0n) is 24.7. The predicted octanol–water partition coefficient (Wildman–Crippen LogP) is 4.06. The van der Waals surface area contributed by atoms with E-state index in [0.717, 1.165) is 18.6 Å². The Balaban J connectivity index is 0.00000308. The van der Waals surface area contributed by atoms with E-state index >= 15 is 0 Å². The van der Waals surface area contributed by atoms with E-state index in [2.05, 4.69) is 121 Å². The van der Waals surface area contributed by atoms with Crippen LogP contribution in [0.4, 0.5) is 0 Å². The minimum atomic E-state index is -2.80. The smallest absolute Gasteiger partial charge is 0.500 e. The van der Waals surface area contributed by atoms with E-state index in [1.807, 2.05) is 20.8 Å². The van der Waals surface area contributed by atoms with Crippen molar-refractivity contribution in [2.75, 3.05) is 26.0 Å². The Morgan fingerprint density at radius 1 is 0.548 bits per heavy atom. The summed E-state index contributed by atoms with van der Waals surface area (Å²) < 4.78 is 19.0. The zero-order chi connectivity index (χ0) is 28.0. The van der Waals surface area contributed by atoms with E-state index in [4.69, 9.17) is 13.3 Å². The Kier molecular flexibility index (Phi) is 17.5. The van der Waals surface area contributed by atoms with E-state index < -0.39 is 24.6 Å². The Labute approximate surface area is 275 Å². The molecule has 0 amide bonds. The fourth-order valence-corrected chi connectivity index (χ4v) is 14.2. The maximum Gasteiger partial charge on any atom is 0.500 e. The van der Waals surface area contributed by atoms with Gasteiger partial charge in [0.15, 0.2) is 0 Å². The van der Waals surface area contributed by atoms with Gasteiger partial charge >= 0.3 is 8.80 Å². The first-order valence-corrected chi connectivity index (χ1v) is 19.3. The third kappa shape index (κ3) is 10.4. The SMILES string of the molecule is CCO[Si](CCC(CP(c1ccccc1)c1ccccc1)P(c1ccccc1)c1ccccc1)(OCC)OCC.[Cl-].[Rh]. The third-order valence-electron chi connectivity index (χ3n) is 6.84. The van der Waals surface area contributed by atoms with Gasteiger partial charge in [-0.1, -0.05) is 121 Å². The molecule has 0 bridgehead atoms. The first kappa shape index (κ1) is 36.9. The van der Waals surface area contributed by atoms with Crippen molar-refractivity contribution < 1.29 is 45.2 Å². The van der Waals surface area contributed by atoms with Crippen LogP contribution in [0.3, 0.4) is 0 Å². The van der Waals surface area contributed by atoms with Gasteiger partial charge in [0.05, 0.1) is 0 Å². The standard InChI is InChI=1S/C34H42O3P2Si.ClH.Rh/c1-4-35-40(36-5-2,37-6-3)28-27-34(39(32-23-15-9-16-24-32)33-25-17-10-18-26-33)29-38(30-19-11-7-12-20-30)31-21-13-8-14-22-31;;/h7-26,34H,4-6,27-29H2,1-3H3;1H;/p-1. The van der Waals surface area contributed by atoms with Crippen molar-refractivity contribution >= 4 is 45.9 Å². The largest absolute Gasteiger partial charge is 1.00 e. The molecule has 227 valence electrons. The molecule has 4 aromatic rings. The van der Waals surface area contributed by atoms with Crippen molar-refractivity contribution in [3.63, 3.8) is 0 Å². The fourth-order valence-electron chi connectivity index (χ4n) is 5.18. The normalized spacial score (nSPS) is 12.0. The minimum Gasteiger partial charge on any atom is -1.00 e. The monoisotopic (exact) mass is 726 g/mol. The molecule has 0 fully saturated rings. The van der Waals surface area contributed by atoms with E-state index in [-0.39, 0.29) is 31.9 Å². The molecule has 0 N–H and O–H groups in total. The van der Waals surface area contributed by atoms with Crippen LogP contribution in [0.1, 0.15) is 27.2 Å². The summed E-state index contributed by atoms with van der Waals surface area (Å²) in [7, 11) is -4.00. The molecule has 1 radical (unpaired) electrons. The second-order valence-electron chi connectivity index (χ2n) is 9.50. The second kappa shape index (κ2) is 19.9. The van der Waals surface area contributed by atoms with Gasteiger partial charge in [-0.25, -0.2) is 0 Å². The van der Waals surface area contributed by atoms with Crippen molar-refractivity contribution in [1.82, 2.24) is 0 Å². The summed E-state index contributed by atoms with van der Waals surface area (Å²) in [6, 6.07) is 45.2. The second-order valence-corrected chi connectivity index (χ2v) is 17.0. The summed E-state index contributed by atoms with van der Waals surface area (Å²) in [4.78, 5) is 0. The molecule has 0 aliphatic heterocycles. The van der Waals surface area contributed by atoms with Gasteiger partial charge in [-0.15, -0.1) is 0 Å². The van der Waals surface area contributed by atoms with Crippen molar-refractivity contribution in [2.24, 2.45) is 0 Å². The molecule has 1 unspecified atom stereocenters. The van der Waals surface area contributed by atoms with Crippen LogP contribution in [0.2, 0.25) is 6.04 Å². The Hall–Kier alpha value is -1.25. The molecule has 4 aromatic carbocycles. The molecule has 42 heavy (non-hydrogen) atoms. The average Bonchev–Trinajstić information content (AvgIpc) is 3.01. The molecule has 0 aromatic heterocycles. The van der Waals surface area contributed by atoms with E-state index in [1.54, 1.807) is 0 Å². The summed E-state index contributed by atoms with van der Waals surface area (Å²) in [6.07, 6.45) is 2.08.